The largest absolute Gasteiger partial charge is 0.463 e. The monoisotopic (exact) mass is 246 g/mol. The minimum atomic E-state index is -0.635. The molecule has 100 valence electrons. The van der Waals surface area contributed by atoms with Crippen LogP contribution in [0.15, 0.2) is 0 Å². The second-order valence-electron chi connectivity index (χ2n) is 4.42. The second-order valence-corrected chi connectivity index (χ2v) is 4.42. The lowest BCUT2D eigenvalue weighted by Gasteiger charge is -2.23. The number of hydrogen-bond acceptors (Lipinski definition) is 5. The molecule has 5 heteroatoms. The molecule has 0 spiro atoms. The average molecular weight is 246 g/mol. The number of esters is 2. The zero-order valence-corrected chi connectivity index (χ0v) is 11.2. The van der Waals surface area contributed by atoms with Crippen molar-refractivity contribution in [1.29, 1.82) is 0 Å². The summed E-state index contributed by atoms with van der Waals surface area (Å²) in [5.74, 6) is -0.648. The Morgan fingerprint density at radius 1 is 1.24 bits per heavy atom. The first-order valence-corrected chi connectivity index (χ1v) is 5.75. The molecule has 1 atom stereocenters. The first-order valence-electron chi connectivity index (χ1n) is 5.75. The van der Waals surface area contributed by atoms with Gasteiger partial charge in [0.1, 0.15) is 6.61 Å². The highest BCUT2D eigenvalue weighted by molar-refractivity contribution is 5.75. The van der Waals surface area contributed by atoms with Gasteiger partial charge < -0.3 is 14.2 Å². The SMILES string of the molecule is CCC(C)(C)C(=O)OC(C)OCCOC(C)=O. The Kier molecular flexibility index (Phi) is 6.80. The van der Waals surface area contributed by atoms with Crippen LogP contribution in [0.4, 0.5) is 0 Å². The summed E-state index contributed by atoms with van der Waals surface area (Å²) in [4.78, 5) is 22.1. The van der Waals surface area contributed by atoms with Gasteiger partial charge in [0.25, 0.3) is 0 Å². The summed E-state index contributed by atoms with van der Waals surface area (Å²) in [6.07, 6.45) is 0.0651. The van der Waals surface area contributed by atoms with Crippen LogP contribution in [0, 0.1) is 5.41 Å². The molecule has 0 aliphatic heterocycles. The lowest BCUT2D eigenvalue weighted by Crippen LogP contribution is -2.30. The van der Waals surface area contributed by atoms with Crippen LogP contribution in [-0.2, 0) is 23.8 Å². The van der Waals surface area contributed by atoms with E-state index < -0.39 is 11.7 Å². The number of rotatable bonds is 7. The normalized spacial score (nSPS) is 13.0. The minimum absolute atomic E-state index is 0.161. The van der Waals surface area contributed by atoms with Gasteiger partial charge in [-0.1, -0.05) is 6.92 Å². The van der Waals surface area contributed by atoms with Gasteiger partial charge in [-0.05, 0) is 27.2 Å². The molecule has 1 unspecified atom stereocenters. The summed E-state index contributed by atoms with van der Waals surface area (Å²) < 4.78 is 15.0. The van der Waals surface area contributed by atoms with Crippen LogP contribution in [0.5, 0.6) is 0 Å². The number of carbonyl (C=O) groups excluding carboxylic acids is 2. The highest BCUT2D eigenvalue weighted by atomic mass is 16.7. The summed E-state index contributed by atoms with van der Waals surface area (Å²) >= 11 is 0. The molecule has 0 aliphatic carbocycles. The van der Waals surface area contributed by atoms with Crippen molar-refractivity contribution in [1.82, 2.24) is 0 Å². The van der Waals surface area contributed by atoms with E-state index in [9.17, 15) is 9.59 Å². The maximum atomic E-state index is 11.7. The van der Waals surface area contributed by atoms with Gasteiger partial charge in [-0.3, -0.25) is 9.59 Å². The van der Waals surface area contributed by atoms with Crippen LogP contribution in [0.25, 0.3) is 0 Å². The van der Waals surface area contributed by atoms with E-state index in [1.807, 2.05) is 20.8 Å². The molecule has 17 heavy (non-hydrogen) atoms. The fraction of sp³-hybridized carbons (Fsp3) is 0.833. The topological polar surface area (TPSA) is 61.8 Å². The maximum absolute atomic E-state index is 11.7. The predicted octanol–water partition coefficient (Wildman–Crippen LogP) is 1.89. The molecule has 0 fully saturated rings. The Morgan fingerprint density at radius 2 is 1.82 bits per heavy atom. The molecule has 0 saturated carbocycles. The van der Waals surface area contributed by atoms with Crippen molar-refractivity contribution in [2.75, 3.05) is 13.2 Å². The molecule has 0 N–H and O–H groups in total. The first kappa shape index (κ1) is 15.9. The van der Waals surface area contributed by atoms with Gasteiger partial charge in [0.2, 0.25) is 0 Å². The number of ether oxygens (including phenoxy) is 3. The Morgan fingerprint density at radius 3 is 2.29 bits per heavy atom. The standard InChI is InChI=1S/C12H22O5/c1-6-12(4,5)11(14)17-10(3)16-8-7-15-9(2)13/h10H,6-8H2,1-5H3. The summed E-state index contributed by atoms with van der Waals surface area (Å²) in [5.41, 5.74) is -0.506. The third-order valence-electron chi connectivity index (χ3n) is 2.45. The van der Waals surface area contributed by atoms with Crippen LogP contribution in [0.2, 0.25) is 0 Å². The number of hydrogen-bond donors (Lipinski definition) is 0. The van der Waals surface area contributed by atoms with E-state index in [1.54, 1.807) is 6.92 Å². The van der Waals surface area contributed by atoms with Crippen LogP contribution >= 0.6 is 0 Å². The molecule has 0 amide bonds. The quantitative estimate of drug-likeness (QED) is 0.390. The Hall–Kier alpha value is -1.10. The maximum Gasteiger partial charge on any atom is 0.313 e. The van der Waals surface area contributed by atoms with Crippen LogP contribution in [-0.4, -0.2) is 31.4 Å². The fourth-order valence-corrected chi connectivity index (χ4v) is 0.888. The molecule has 0 aromatic carbocycles. The summed E-state index contributed by atoms with van der Waals surface area (Å²) in [6.45, 7) is 8.90. The van der Waals surface area contributed by atoms with Gasteiger partial charge in [0, 0.05) is 6.92 Å². The zero-order valence-electron chi connectivity index (χ0n) is 11.2. The minimum Gasteiger partial charge on any atom is -0.463 e. The van der Waals surface area contributed by atoms with Crippen molar-refractivity contribution in [2.24, 2.45) is 5.41 Å². The molecule has 0 aliphatic rings. The highest BCUT2D eigenvalue weighted by Gasteiger charge is 2.28. The third kappa shape index (κ3) is 6.94. The van der Waals surface area contributed by atoms with E-state index >= 15 is 0 Å². The summed E-state index contributed by atoms with van der Waals surface area (Å²) in [5, 5.41) is 0. The molecule has 5 nitrogen and oxygen atoms in total. The average Bonchev–Trinajstić information content (AvgIpc) is 2.24. The Balaban J connectivity index is 3.82. The number of carbonyl (C=O) groups is 2. The lowest BCUT2D eigenvalue weighted by atomic mass is 9.91. The van der Waals surface area contributed by atoms with Gasteiger partial charge in [0.05, 0.1) is 12.0 Å². The molecule has 0 aromatic rings. The fourth-order valence-electron chi connectivity index (χ4n) is 0.888. The Bertz CT molecular complexity index is 260. The molecule has 0 radical (unpaired) electrons. The van der Waals surface area contributed by atoms with E-state index in [1.165, 1.54) is 6.92 Å². The van der Waals surface area contributed by atoms with E-state index in [4.69, 9.17) is 9.47 Å². The predicted molar refractivity (Wildman–Crippen MR) is 62.2 cm³/mol. The first-order chi connectivity index (χ1) is 7.79. The molecule has 0 rings (SSSR count). The second kappa shape index (κ2) is 7.27. The van der Waals surface area contributed by atoms with Crippen molar-refractivity contribution in [2.45, 2.75) is 47.3 Å². The van der Waals surface area contributed by atoms with Gasteiger partial charge in [-0.25, -0.2) is 0 Å². The van der Waals surface area contributed by atoms with E-state index in [2.05, 4.69) is 4.74 Å². The van der Waals surface area contributed by atoms with Crippen molar-refractivity contribution < 1.29 is 23.8 Å². The molecule has 0 saturated heterocycles. The van der Waals surface area contributed by atoms with Gasteiger partial charge in [-0.15, -0.1) is 0 Å². The van der Waals surface area contributed by atoms with Gasteiger partial charge in [-0.2, -0.15) is 0 Å². The van der Waals surface area contributed by atoms with E-state index in [-0.39, 0.29) is 25.2 Å². The molecule has 0 bridgehead atoms. The van der Waals surface area contributed by atoms with Crippen LogP contribution < -0.4 is 0 Å². The van der Waals surface area contributed by atoms with Crippen molar-refractivity contribution in [3.8, 4) is 0 Å². The zero-order chi connectivity index (χ0) is 13.5. The Labute approximate surface area is 102 Å². The molecular weight excluding hydrogens is 224 g/mol. The van der Waals surface area contributed by atoms with Crippen LogP contribution in [0.3, 0.4) is 0 Å². The van der Waals surface area contributed by atoms with E-state index in [0.29, 0.717) is 6.42 Å². The van der Waals surface area contributed by atoms with Crippen molar-refractivity contribution in [3.63, 3.8) is 0 Å². The summed E-state index contributed by atoms with van der Waals surface area (Å²) in [6, 6.07) is 0. The highest BCUT2D eigenvalue weighted by Crippen LogP contribution is 2.22. The van der Waals surface area contributed by atoms with Gasteiger partial charge in [0.15, 0.2) is 6.29 Å². The van der Waals surface area contributed by atoms with Crippen molar-refractivity contribution in [3.05, 3.63) is 0 Å². The van der Waals surface area contributed by atoms with Crippen LogP contribution in [0.1, 0.15) is 41.0 Å². The lowest BCUT2D eigenvalue weighted by molar-refractivity contribution is -0.187. The molecule has 0 heterocycles. The van der Waals surface area contributed by atoms with Crippen molar-refractivity contribution >= 4 is 11.9 Å². The summed E-state index contributed by atoms with van der Waals surface area (Å²) in [7, 11) is 0. The third-order valence-corrected chi connectivity index (χ3v) is 2.45. The van der Waals surface area contributed by atoms with Gasteiger partial charge >= 0.3 is 11.9 Å². The van der Waals surface area contributed by atoms with E-state index in [0.717, 1.165) is 0 Å². The molecular formula is C12H22O5. The molecule has 0 aromatic heterocycles. The smallest absolute Gasteiger partial charge is 0.313 e.